The Morgan fingerprint density at radius 1 is 1.20 bits per heavy atom. The van der Waals surface area contributed by atoms with E-state index in [0.29, 0.717) is 38.9 Å². The minimum absolute atomic E-state index is 0.00525. The normalized spacial score (nSPS) is 23.7. The van der Waals surface area contributed by atoms with Gasteiger partial charge in [-0.15, -0.1) is 0 Å². The molecule has 6 heteroatoms. The fourth-order valence-electron chi connectivity index (χ4n) is 3.60. The molecule has 3 amide bonds. The zero-order valence-electron chi connectivity index (χ0n) is 16.3. The number of hydrogen-bond acceptors (Lipinski definition) is 3. The predicted octanol–water partition coefficient (Wildman–Crippen LogP) is 1.79. The molecule has 0 aromatic rings. The summed E-state index contributed by atoms with van der Waals surface area (Å²) in [4.78, 5) is 40.8. The van der Waals surface area contributed by atoms with Crippen molar-refractivity contribution in [3.63, 3.8) is 0 Å². The molecule has 2 heterocycles. The fraction of sp³-hybridized carbons (Fsp3) is 0.842. The standard InChI is InChI=1S/C19H33N3O3/c1-6-13(2)20-17(24)14-7-9-21(10-8-14)18(25)15-11-16(23)22(12-15)19(3,4)5/h13-15H,6-12H2,1-5H3,(H,20,24). The first-order chi connectivity index (χ1) is 11.6. The monoisotopic (exact) mass is 351 g/mol. The molecule has 2 unspecified atom stereocenters. The van der Waals surface area contributed by atoms with Crippen molar-refractivity contribution >= 4 is 17.7 Å². The summed E-state index contributed by atoms with van der Waals surface area (Å²) in [7, 11) is 0. The molecule has 2 saturated heterocycles. The van der Waals surface area contributed by atoms with Crippen molar-refractivity contribution < 1.29 is 14.4 Å². The summed E-state index contributed by atoms with van der Waals surface area (Å²) < 4.78 is 0. The maximum Gasteiger partial charge on any atom is 0.227 e. The van der Waals surface area contributed by atoms with Crippen molar-refractivity contribution in [2.24, 2.45) is 11.8 Å². The zero-order chi connectivity index (χ0) is 18.8. The van der Waals surface area contributed by atoms with Crippen molar-refractivity contribution in [3.8, 4) is 0 Å². The molecule has 6 nitrogen and oxygen atoms in total. The molecule has 142 valence electrons. The number of rotatable bonds is 4. The number of nitrogens with zero attached hydrogens (tertiary/aromatic N) is 2. The lowest BCUT2D eigenvalue weighted by Crippen LogP contribution is -2.47. The van der Waals surface area contributed by atoms with Gasteiger partial charge in [0, 0.05) is 43.6 Å². The Morgan fingerprint density at radius 2 is 1.80 bits per heavy atom. The molecule has 25 heavy (non-hydrogen) atoms. The van der Waals surface area contributed by atoms with E-state index in [1.807, 2.05) is 37.5 Å². The molecule has 0 aromatic carbocycles. The highest BCUT2D eigenvalue weighted by Gasteiger charge is 2.41. The highest BCUT2D eigenvalue weighted by atomic mass is 16.2. The number of amides is 3. The van der Waals surface area contributed by atoms with Crippen LogP contribution in [0.25, 0.3) is 0 Å². The second-order valence-electron chi connectivity index (χ2n) is 8.49. The first-order valence-corrected chi connectivity index (χ1v) is 9.53. The van der Waals surface area contributed by atoms with Gasteiger partial charge >= 0.3 is 0 Å². The first-order valence-electron chi connectivity index (χ1n) is 9.53. The van der Waals surface area contributed by atoms with Crippen molar-refractivity contribution in [3.05, 3.63) is 0 Å². The molecule has 0 bridgehead atoms. The van der Waals surface area contributed by atoms with E-state index in [2.05, 4.69) is 12.2 Å². The van der Waals surface area contributed by atoms with Gasteiger partial charge in [-0.25, -0.2) is 0 Å². The van der Waals surface area contributed by atoms with Crippen molar-refractivity contribution in [1.29, 1.82) is 0 Å². The van der Waals surface area contributed by atoms with Gasteiger partial charge in [0.1, 0.15) is 0 Å². The molecule has 0 spiro atoms. The van der Waals surface area contributed by atoms with Crippen LogP contribution in [0.2, 0.25) is 0 Å². The van der Waals surface area contributed by atoms with Gasteiger partial charge in [-0.1, -0.05) is 6.92 Å². The first kappa shape index (κ1) is 19.7. The molecule has 1 N–H and O–H groups in total. The van der Waals surface area contributed by atoms with E-state index >= 15 is 0 Å². The lowest BCUT2D eigenvalue weighted by Gasteiger charge is -2.34. The molecule has 2 rings (SSSR count). The zero-order valence-corrected chi connectivity index (χ0v) is 16.3. The second kappa shape index (κ2) is 7.75. The van der Waals surface area contributed by atoms with Crippen molar-refractivity contribution in [1.82, 2.24) is 15.1 Å². The topological polar surface area (TPSA) is 69.7 Å². The summed E-state index contributed by atoms with van der Waals surface area (Å²) in [6.45, 7) is 11.8. The van der Waals surface area contributed by atoms with Gasteiger partial charge in [-0.05, 0) is 47.0 Å². The van der Waals surface area contributed by atoms with E-state index < -0.39 is 0 Å². The predicted molar refractivity (Wildman–Crippen MR) is 96.8 cm³/mol. The van der Waals surface area contributed by atoms with Gasteiger partial charge in [0.2, 0.25) is 17.7 Å². The van der Waals surface area contributed by atoms with Crippen LogP contribution < -0.4 is 5.32 Å². The minimum Gasteiger partial charge on any atom is -0.353 e. The molecule has 2 aliphatic heterocycles. The number of carbonyl (C=O) groups is 3. The van der Waals surface area contributed by atoms with Gasteiger partial charge < -0.3 is 15.1 Å². The van der Waals surface area contributed by atoms with Gasteiger partial charge in [0.05, 0.1) is 5.92 Å². The molecular formula is C19H33N3O3. The van der Waals surface area contributed by atoms with Crippen LogP contribution >= 0.6 is 0 Å². The van der Waals surface area contributed by atoms with Gasteiger partial charge in [0.15, 0.2) is 0 Å². The SMILES string of the molecule is CCC(C)NC(=O)C1CCN(C(=O)C2CC(=O)N(C(C)(C)C)C2)CC1. The van der Waals surface area contributed by atoms with Crippen LogP contribution in [0.15, 0.2) is 0 Å². The van der Waals surface area contributed by atoms with E-state index in [9.17, 15) is 14.4 Å². The number of carbonyl (C=O) groups excluding carboxylic acids is 3. The van der Waals surface area contributed by atoms with Gasteiger partial charge in [-0.3, -0.25) is 14.4 Å². The van der Waals surface area contributed by atoms with Crippen LogP contribution in [0.4, 0.5) is 0 Å². The van der Waals surface area contributed by atoms with Crippen LogP contribution in [0, 0.1) is 11.8 Å². The van der Waals surface area contributed by atoms with Crippen LogP contribution in [-0.2, 0) is 14.4 Å². The third-order valence-corrected chi connectivity index (χ3v) is 5.46. The maximum atomic E-state index is 12.8. The number of likely N-dealkylation sites (tertiary alicyclic amines) is 2. The quantitative estimate of drug-likeness (QED) is 0.839. The third-order valence-electron chi connectivity index (χ3n) is 5.46. The molecule has 0 radical (unpaired) electrons. The van der Waals surface area contributed by atoms with Crippen LogP contribution in [0.5, 0.6) is 0 Å². The summed E-state index contributed by atoms with van der Waals surface area (Å²) >= 11 is 0. The lowest BCUT2D eigenvalue weighted by atomic mass is 9.94. The van der Waals surface area contributed by atoms with Gasteiger partial charge in [-0.2, -0.15) is 0 Å². The highest BCUT2D eigenvalue weighted by molar-refractivity contribution is 5.90. The second-order valence-corrected chi connectivity index (χ2v) is 8.49. The molecule has 2 atom stereocenters. The summed E-state index contributed by atoms with van der Waals surface area (Å²) in [6, 6.07) is 0.194. The van der Waals surface area contributed by atoms with Crippen LogP contribution in [0.3, 0.4) is 0 Å². The Bertz CT molecular complexity index is 518. The molecule has 0 saturated carbocycles. The Balaban J connectivity index is 1.86. The Morgan fingerprint density at radius 3 is 2.28 bits per heavy atom. The van der Waals surface area contributed by atoms with E-state index in [-0.39, 0.29) is 41.1 Å². The largest absolute Gasteiger partial charge is 0.353 e. The van der Waals surface area contributed by atoms with E-state index in [0.717, 1.165) is 6.42 Å². The summed E-state index contributed by atoms with van der Waals surface area (Å²) in [6.07, 6.45) is 2.64. The average Bonchev–Trinajstić information content (AvgIpc) is 2.96. The number of piperidine rings is 1. The van der Waals surface area contributed by atoms with Crippen molar-refractivity contribution in [2.45, 2.75) is 71.9 Å². The molecule has 2 fully saturated rings. The average molecular weight is 351 g/mol. The fourth-order valence-corrected chi connectivity index (χ4v) is 3.60. The summed E-state index contributed by atoms with van der Waals surface area (Å²) in [5.41, 5.74) is -0.243. The lowest BCUT2D eigenvalue weighted by molar-refractivity contribution is -0.139. The van der Waals surface area contributed by atoms with E-state index in [4.69, 9.17) is 0 Å². The number of nitrogens with one attached hydrogen (secondary N) is 1. The third kappa shape index (κ3) is 4.73. The molecule has 0 aromatic heterocycles. The van der Waals surface area contributed by atoms with E-state index in [1.165, 1.54) is 0 Å². The van der Waals surface area contributed by atoms with E-state index in [1.54, 1.807) is 0 Å². The summed E-state index contributed by atoms with van der Waals surface area (Å²) in [5, 5.41) is 3.03. The minimum atomic E-state index is -0.243. The number of hydrogen-bond donors (Lipinski definition) is 1. The molecule has 0 aliphatic carbocycles. The van der Waals surface area contributed by atoms with Crippen molar-refractivity contribution in [2.75, 3.05) is 19.6 Å². The smallest absolute Gasteiger partial charge is 0.227 e. The summed E-state index contributed by atoms with van der Waals surface area (Å²) in [5.74, 6) is -0.00231. The Labute approximate surface area is 151 Å². The van der Waals surface area contributed by atoms with Crippen LogP contribution in [0.1, 0.15) is 60.3 Å². The van der Waals surface area contributed by atoms with Gasteiger partial charge in [0.25, 0.3) is 0 Å². The van der Waals surface area contributed by atoms with Crippen LogP contribution in [-0.4, -0.2) is 58.7 Å². The molecule has 2 aliphatic rings. The highest BCUT2D eigenvalue weighted by Crippen LogP contribution is 2.28. The Hall–Kier alpha value is -1.59. The molecular weight excluding hydrogens is 318 g/mol. The Kier molecular flexibility index (Phi) is 6.12. The maximum absolute atomic E-state index is 12.8.